The van der Waals surface area contributed by atoms with Crippen molar-refractivity contribution in [2.45, 2.75) is 6.54 Å². The lowest BCUT2D eigenvalue weighted by atomic mass is 10.1. The number of piperazine rings is 1. The van der Waals surface area contributed by atoms with Crippen LogP contribution in [0.15, 0.2) is 51.8 Å². The largest absolute Gasteiger partial charge is 0.369 e. The highest BCUT2D eigenvalue weighted by atomic mass is 16.5. The van der Waals surface area contributed by atoms with Gasteiger partial charge in [-0.25, -0.2) is 0 Å². The predicted octanol–water partition coefficient (Wildman–Crippen LogP) is 1.33. The SMILES string of the molecule is Nc1nc(N2CCN(Cc3cc(-c4ccccc4)no3)CC2)cc(=O)[nH]1. The molecule has 3 N–H and O–H groups in total. The molecule has 0 bridgehead atoms. The number of benzene rings is 1. The third-order valence-electron chi connectivity index (χ3n) is 4.45. The maximum absolute atomic E-state index is 11.5. The highest BCUT2D eigenvalue weighted by Gasteiger charge is 2.20. The van der Waals surface area contributed by atoms with Crippen molar-refractivity contribution in [1.82, 2.24) is 20.0 Å². The summed E-state index contributed by atoms with van der Waals surface area (Å²) in [5.74, 6) is 1.61. The number of nitrogens with zero attached hydrogens (tertiary/aromatic N) is 4. The van der Waals surface area contributed by atoms with Gasteiger partial charge < -0.3 is 15.2 Å². The fourth-order valence-corrected chi connectivity index (χ4v) is 3.11. The fourth-order valence-electron chi connectivity index (χ4n) is 3.11. The quantitative estimate of drug-likeness (QED) is 0.730. The Balaban J connectivity index is 1.37. The van der Waals surface area contributed by atoms with Crippen LogP contribution in [0.5, 0.6) is 0 Å². The molecular weight excluding hydrogens is 332 g/mol. The number of aromatic amines is 1. The van der Waals surface area contributed by atoms with Crippen molar-refractivity contribution in [3.05, 3.63) is 58.6 Å². The summed E-state index contributed by atoms with van der Waals surface area (Å²) in [4.78, 5) is 22.6. The lowest BCUT2D eigenvalue weighted by molar-refractivity contribution is 0.219. The van der Waals surface area contributed by atoms with Crippen LogP contribution in [0.4, 0.5) is 11.8 Å². The molecule has 8 nitrogen and oxygen atoms in total. The maximum Gasteiger partial charge on any atom is 0.254 e. The molecule has 3 aromatic rings. The first kappa shape index (κ1) is 16.3. The van der Waals surface area contributed by atoms with E-state index in [1.165, 1.54) is 6.07 Å². The Morgan fingerprint density at radius 3 is 2.62 bits per heavy atom. The smallest absolute Gasteiger partial charge is 0.254 e. The molecule has 1 fully saturated rings. The number of anilines is 2. The van der Waals surface area contributed by atoms with E-state index in [4.69, 9.17) is 10.3 Å². The zero-order valence-corrected chi connectivity index (χ0v) is 14.3. The molecule has 0 atom stereocenters. The molecule has 3 heterocycles. The summed E-state index contributed by atoms with van der Waals surface area (Å²) >= 11 is 0. The van der Waals surface area contributed by atoms with Crippen LogP contribution in [0, 0.1) is 0 Å². The number of nitrogen functional groups attached to an aromatic ring is 1. The molecule has 0 aliphatic carbocycles. The molecule has 0 unspecified atom stereocenters. The molecular formula is C18H20N6O2. The number of nitrogens with one attached hydrogen (secondary N) is 1. The third-order valence-corrected chi connectivity index (χ3v) is 4.45. The van der Waals surface area contributed by atoms with Crippen molar-refractivity contribution in [2.24, 2.45) is 0 Å². The normalized spacial score (nSPS) is 15.3. The van der Waals surface area contributed by atoms with E-state index < -0.39 is 0 Å². The highest BCUT2D eigenvalue weighted by Crippen LogP contribution is 2.20. The molecule has 4 rings (SSSR count). The predicted molar refractivity (Wildman–Crippen MR) is 98.7 cm³/mol. The van der Waals surface area contributed by atoms with Gasteiger partial charge in [0.05, 0.1) is 6.54 Å². The first-order valence-electron chi connectivity index (χ1n) is 8.52. The van der Waals surface area contributed by atoms with Gasteiger partial charge in [0, 0.05) is 43.9 Å². The number of rotatable bonds is 4. The highest BCUT2D eigenvalue weighted by molar-refractivity contribution is 5.58. The monoisotopic (exact) mass is 352 g/mol. The summed E-state index contributed by atoms with van der Waals surface area (Å²) in [6.45, 7) is 3.94. The van der Waals surface area contributed by atoms with Crippen molar-refractivity contribution in [3.63, 3.8) is 0 Å². The number of nitrogens with two attached hydrogens (primary N) is 1. The van der Waals surface area contributed by atoms with Gasteiger partial charge in [-0.2, -0.15) is 4.98 Å². The van der Waals surface area contributed by atoms with E-state index in [-0.39, 0.29) is 11.5 Å². The van der Waals surface area contributed by atoms with E-state index in [1.54, 1.807) is 0 Å². The van der Waals surface area contributed by atoms with E-state index >= 15 is 0 Å². The summed E-state index contributed by atoms with van der Waals surface area (Å²) in [5, 5.41) is 4.16. The number of hydrogen-bond acceptors (Lipinski definition) is 7. The van der Waals surface area contributed by atoms with Crippen molar-refractivity contribution >= 4 is 11.8 Å². The topological polar surface area (TPSA) is 104 Å². The van der Waals surface area contributed by atoms with Gasteiger partial charge in [-0.1, -0.05) is 35.5 Å². The van der Waals surface area contributed by atoms with E-state index in [2.05, 4.69) is 24.9 Å². The molecule has 1 saturated heterocycles. The van der Waals surface area contributed by atoms with Crippen LogP contribution in [0.2, 0.25) is 0 Å². The average Bonchev–Trinajstić information content (AvgIpc) is 3.11. The standard InChI is InChI=1S/C18H20N6O2/c19-18-20-16(11-17(25)21-18)24-8-6-23(7-9-24)12-14-10-15(22-26-14)13-4-2-1-3-5-13/h1-5,10-11H,6-9,12H2,(H3,19,20,21,25). The van der Waals surface area contributed by atoms with Crippen molar-refractivity contribution in [1.29, 1.82) is 0 Å². The molecule has 1 aromatic carbocycles. The second-order valence-electron chi connectivity index (χ2n) is 6.30. The van der Waals surface area contributed by atoms with Crippen LogP contribution in [0.1, 0.15) is 5.76 Å². The molecule has 0 radical (unpaired) electrons. The second-order valence-corrected chi connectivity index (χ2v) is 6.30. The number of H-pyrrole nitrogens is 1. The Morgan fingerprint density at radius 2 is 1.88 bits per heavy atom. The van der Waals surface area contributed by atoms with E-state index in [9.17, 15) is 4.79 Å². The van der Waals surface area contributed by atoms with E-state index in [1.807, 2.05) is 36.4 Å². The summed E-state index contributed by atoms with van der Waals surface area (Å²) in [7, 11) is 0. The number of hydrogen-bond donors (Lipinski definition) is 2. The van der Waals surface area contributed by atoms with Gasteiger partial charge in [0.1, 0.15) is 11.5 Å². The Morgan fingerprint density at radius 1 is 1.12 bits per heavy atom. The first-order chi connectivity index (χ1) is 12.7. The van der Waals surface area contributed by atoms with Crippen LogP contribution in [-0.2, 0) is 6.54 Å². The molecule has 134 valence electrons. The summed E-state index contributed by atoms with van der Waals surface area (Å²) in [5.41, 5.74) is 7.29. The minimum Gasteiger partial charge on any atom is -0.369 e. The van der Waals surface area contributed by atoms with Gasteiger partial charge in [-0.15, -0.1) is 0 Å². The van der Waals surface area contributed by atoms with Gasteiger partial charge in [-0.3, -0.25) is 14.7 Å². The van der Waals surface area contributed by atoms with Gasteiger partial charge in [0.2, 0.25) is 5.95 Å². The van der Waals surface area contributed by atoms with Gasteiger partial charge in [0.15, 0.2) is 5.76 Å². The lowest BCUT2D eigenvalue weighted by Gasteiger charge is -2.34. The minimum absolute atomic E-state index is 0.144. The van der Waals surface area contributed by atoms with Crippen LogP contribution in [0.3, 0.4) is 0 Å². The van der Waals surface area contributed by atoms with Crippen molar-refractivity contribution < 1.29 is 4.52 Å². The third kappa shape index (κ3) is 3.60. The fraction of sp³-hybridized carbons (Fsp3) is 0.278. The zero-order valence-electron chi connectivity index (χ0n) is 14.3. The van der Waals surface area contributed by atoms with Crippen molar-refractivity contribution in [2.75, 3.05) is 36.8 Å². The molecule has 0 spiro atoms. The Hall–Kier alpha value is -3.13. The van der Waals surface area contributed by atoms with Gasteiger partial charge >= 0.3 is 0 Å². The van der Waals surface area contributed by atoms with E-state index in [0.29, 0.717) is 12.4 Å². The Kier molecular flexibility index (Phi) is 4.40. The van der Waals surface area contributed by atoms with Crippen LogP contribution < -0.4 is 16.2 Å². The molecule has 0 saturated carbocycles. The average molecular weight is 352 g/mol. The molecule has 8 heteroatoms. The van der Waals surface area contributed by atoms with Crippen LogP contribution in [0.25, 0.3) is 11.3 Å². The summed E-state index contributed by atoms with van der Waals surface area (Å²) in [6, 6.07) is 13.4. The second kappa shape index (κ2) is 7.01. The Bertz CT molecular complexity index is 928. The van der Waals surface area contributed by atoms with Crippen LogP contribution in [-0.4, -0.2) is 46.2 Å². The molecule has 0 amide bonds. The Labute approximate surface area is 150 Å². The summed E-state index contributed by atoms with van der Waals surface area (Å²) in [6.07, 6.45) is 0. The van der Waals surface area contributed by atoms with Gasteiger partial charge in [-0.05, 0) is 0 Å². The maximum atomic E-state index is 11.5. The zero-order chi connectivity index (χ0) is 17.9. The van der Waals surface area contributed by atoms with E-state index in [0.717, 1.165) is 43.2 Å². The molecule has 2 aromatic heterocycles. The minimum atomic E-state index is -0.231. The van der Waals surface area contributed by atoms with Crippen LogP contribution >= 0.6 is 0 Å². The van der Waals surface area contributed by atoms with Gasteiger partial charge in [0.25, 0.3) is 5.56 Å². The molecule has 1 aliphatic heterocycles. The summed E-state index contributed by atoms with van der Waals surface area (Å²) < 4.78 is 5.49. The first-order valence-corrected chi connectivity index (χ1v) is 8.52. The lowest BCUT2D eigenvalue weighted by Crippen LogP contribution is -2.46. The molecule has 1 aliphatic rings. The number of aromatic nitrogens is 3. The van der Waals surface area contributed by atoms with Crippen molar-refractivity contribution in [3.8, 4) is 11.3 Å². The molecule has 26 heavy (non-hydrogen) atoms.